The van der Waals surface area contributed by atoms with E-state index in [2.05, 4.69) is 17.9 Å². The lowest BCUT2D eigenvalue weighted by Crippen LogP contribution is -2.62. The van der Waals surface area contributed by atoms with E-state index >= 15 is 0 Å². The molecule has 16 heteroatoms. The number of amides is 3. The summed E-state index contributed by atoms with van der Waals surface area (Å²) in [5.74, 6) is -2.75. The van der Waals surface area contributed by atoms with Crippen LogP contribution in [0.4, 0.5) is 10.5 Å². The van der Waals surface area contributed by atoms with E-state index in [-0.39, 0.29) is 36.1 Å². The van der Waals surface area contributed by atoms with Gasteiger partial charge in [-0.25, -0.2) is 9.59 Å². The maximum absolute atomic E-state index is 14.1. The van der Waals surface area contributed by atoms with Gasteiger partial charge in [-0.3, -0.25) is 14.9 Å². The molecular formula is C35H47ClIN3O10S. The number of halogens is 2. The van der Waals surface area contributed by atoms with Crippen molar-refractivity contribution in [3.05, 3.63) is 52.1 Å². The third kappa shape index (κ3) is 9.04. The molecule has 0 saturated carbocycles. The highest BCUT2D eigenvalue weighted by Gasteiger charge is 2.64. The number of benzene rings is 1. The van der Waals surface area contributed by atoms with Crippen LogP contribution in [0.15, 0.2) is 35.9 Å². The van der Waals surface area contributed by atoms with Crippen LogP contribution in [0.2, 0.25) is 5.02 Å². The molecule has 1 aromatic rings. The normalized spacial score (nSPS) is 32.7. The van der Waals surface area contributed by atoms with E-state index < -0.39 is 76.0 Å². The summed E-state index contributed by atoms with van der Waals surface area (Å²) in [6.07, 6.45) is 1.43. The minimum absolute atomic E-state index is 0.0962. The summed E-state index contributed by atoms with van der Waals surface area (Å²) < 4.78 is 17.4. The highest BCUT2D eigenvalue weighted by Crippen LogP contribution is 2.49. The van der Waals surface area contributed by atoms with Crippen LogP contribution in [-0.2, 0) is 41.6 Å². The van der Waals surface area contributed by atoms with Crippen LogP contribution in [0.1, 0.15) is 51.7 Å². The number of anilines is 1. The maximum Gasteiger partial charge on any atom is 0.409 e. The number of allylic oxidation sites excluding steroid dienone is 3. The van der Waals surface area contributed by atoms with Gasteiger partial charge in [-0.1, -0.05) is 71.0 Å². The van der Waals surface area contributed by atoms with E-state index in [9.17, 15) is 34.5 Å². The Morgan fingerprint density at radius 2 is 1.98 bits per heavy atom. The number of epoxide rings is 1. The molecule has 3 aliphatic rings. The van der Waals surface area contributed by atoms with Crippen LogP contribution >= 0.6 is 46.8 Å². The zero-order valence-electron chi connectivity index (χ0n) is 29.5. The van der Waals surface area contributed by atoms with E-state index in [0.717, 1.165) is 11.1 Å². The fourth-order valence-corrected chi connectivity index (χ4v) is 7.47. The number of nitrogens with one attached hydrogen (secondary N) is 1. The molecule has 4 N–H and O–H groups in total. The minimum atomic E-state index is -1.86. The number of fused-ring (bicyclic) bond motifs is 5. The number of aliphatic hydroxyl groups excluding tert-OH is 2. The van der Waals surface area contributed by atoms with Gasteiger partial charge in [0.2, 0.25) is 11.8 Å². The van der Waals surface area contributed by atoms with E-state index in [1.165, 1.54) is 30.8 Å². The largest absolute Gasteiger partial charge is 0.457 e. The van der Waals surface area contributed by atoms with E-state index in [4.69, 9.17) is 25.8 Å². The van der Waals surface area contributed by atoms with Gasteiger partial charge in [-0.2, -0.15) is 12.6 Å². The number of hydrogen-bond acceptors (Lipinski definition) is 11. The van der Waals surface area contributed by atoms with Gasteiger partial charge in [0, 0.05) is 38.1 Å². The van der Waals surface area contributed by atoms with Gasteiger partial charge in [0.05, 0.1) is 40.4 Å². The fourth-order valence-electron chi connectivity index (χ4n) is 6.58. The van der Waals surface area contributed by atoms with E-state index in [1.807, 2.05) is 29.5 Å². The second kappa shape index (κ2) is 16.7. The van der Waals surface area contributed by atoms with Gasteiger partial charge in [-0.15, -0.1) is 0 Å². The zero-order chi connectivity index (χ0) is 38.0. The first-order chi connectivity index (χ1) is 23.9. The van der Waals surface area contributed by atoms with Crippen molar-refractivity contribution < 1.29 is 48.7 Å². The molecule has 282 valence electrons. The van der Waals surface area contributed by atoms with Crippen LogP contribution in [0, 0.1) is 11.8 Å². The third-order valence-corrected chi connectivity index (χ3v) is 12.6. The standard InChI is InChI=1S/C35H47ClIN3O10S/c1-18-8-7-9-23(16-42)35(47)14-26(48-33(46)38-35)19(2)30-34(4,50-30)27(49-32(45)20(3)39(5)31(44)24(37)17-51)13-28(43)40(6)25-12-21(10-18)11-22(15-41)29(25)36/h7-9,11-12,19-20,23-24,26-27,30,41-42,47,51H,10,13-17H2,1-6H3,(H,38,46)/b9-7+,18-8+/t19-,20-,23+,24?,26+,27+,30+,34+,35+/m1/s1. The number of rotatable bonds is 7. The Kier molecular flexibility index (Phi) is 13.6. The molecule has 0 radical (unpaired) electrons. The Morgan fingerprint density at radius 3 is 2.61 bits per heavy atom. The first-order valence-corrected chi connectivity index (χ1v) is 18.9. The lowest BCUT2D eigenvalue weighted by molar-refractivity contribution is -0.161. The topological polar surface area (TPSA) is 178 Å². The quantitative estimate of drug-likeness (QED) is 0.0899. The molecule has 2 saturated heterocycles. The number of alkyl carbamates (subject to hydrolysis) is 1. The number of likely N-dealkylation sites (N-methyl/N-ethyl adjacent to an activating group) is 1. The van der Waals surface area contributed by atoms with Gasteiger partial charge < -0.3 is 39.3 Å². The Balaban J connectivity index is 1.78. The van der Waals surface area contributed by atoms with Crippen molar-refractivity contribution >= 4 is 76.4 Å². The highest BCUT2D eigenvalue weighted by molar-refractivity contribution is 14.1. The average molecular weight is 864 g/mol. The third-order valence-electron chi connectivity index (χ3n) is 10.1. The van der Waals surface area contributed by atoms with Crippen molar-refractivity contribution in [1.29, 1.82) is 0 Å². The first-order valence-electron chi connectivity index (χ1n) is 16.6. The van der Waals surface area contributed by atoms with Crippen LogP contribution in [0.25, 0.3) is 0 Å². The Morgan fingerprint density at radius 1 is 1.29 bits per heavy atom. The van der Waals surface area contributed by atoms with Crippen LogP contribution in [0.3, 0.4) is 0 Å². The summed E-state index contributed by atoms with van der Waals surface area (Å²) in [7, 11) is 3.02. The second-order valence-electron chi connectivity index (χ2n) is 13.7. The van der Waals surface area contributed by atoms with E-state index in [0.29, 0.717) is 17.7 Å². The van der Waals surface area contributed by atoms with Crippen molar-refractivity contribution in [2.45, 2.75) is 93.2 Å². The number of hydrogen-bond donors (Lipinski definition) is 5. The van der Waals surface area contributed by atoms with Crippen molar-refractivity contribution in [3.8, 4) is 0 Å². The van der Waals surface area contributed by atoms with Crippen molar-refractivity contribution in [2.75, 3.05) is 31.4 Å². The number of ether oxygens (including phenoxy) is 3. The molecule has 51 heavy (non-hydrogen) atoms. The molecule has 2 fully saturated rings. The number of alkyl halides is 1. The first kappa shape index (κ1) is 41.3. The van der Waals surface area contributed by atoms with Gasteiger partial charge in [0.25, 0.3) is 0 Å². The average Bonchev–Trinajstić information content (AvgIpc) is 3.79. The fraction of sp³-hybridized carbons (Fsp3) is 0.600. The molecule has 4 bridgehead atoms. The summed E-state index contributed by atoms with van der Waals surface area (Å²) in [6, 6.07) is 2.47. The molecule has 9 atom stereocenters. The smallest absolute Gasteiger partial charge is 0.409 e. The molecule has 13 nitrogen and oxygen atoms in total. The summed E-state index contributed by atoms with van der Waals surface area (Å²) in [5, 5.41) is 34.7. The Bertz CT molecular complexity index is 1580. The number of carbonyl (C=O) groups is 4. The van der Waals surface area contributed by atoms with Crippen molar-refractivity contribution in [1.82, 2.24) is 10.2 Å². The molecule has 0 spiro atoms. The molecule has 3 amide bonds. The molecular weight excluding hydrogens is 817 g/mol. The van der Waals surface area contributed by atoms with Gasteiger partial charge >= 0.3 is 12.1 Å². The SMILES string of the molecule is C/C1=C\C=C\[C@@H](CO)[C@@]2(O)C[C@H](OC(=O)N2)[C@@H](C)[C@@H]2O[C@@]2(C)[C@@H](OC(=O)[C@@H](C)N(C)C(=O)C(I)CS)CC(=O)N(C)c2cc(cc(CO)c2Cl)C1. The lowest BCUT2D eigenvalue weighted by Gasteiger charge is -2.42. The predicted octanol–water partition coefficient (Wildman–Crippen LogP) is 3.33. The number of nitrogens with zero attached hydrogens (tertiary/aromatic N) is 2. The Hall–Kier alpha value is -2.41. The maximum atomic E-state index is 14.1. The number of thiol groups is 1. The van der Waals surface area contributed by atoms with Crippen molar-refractivity contribution in [3.63, 3.8) is 0 Å². The number of carbonyl (C=O) groups excluding carboxylic acids is 4. The minimum Gasteiger partial charge on any atom is -0.457 e. The molecule has 3 aliphatic heterocycles. The predicted molar refractivity (Wildman–Crippen MR) is 202 cm³/mol. The van der Waals surface area contributed by atoms with Crippen molar-refractivity contribution in [2.24, 2.45) is 11.8 Å². The molecule has 0 aromatic heterocycles. The Labute approximate surface area is 322 Å². The molecule has 3 heterocycles. The number of esters is 1. The summed E-state index contributed by atoms with van der Waals surface area (Å²) in [4.78, 5) is 55.9. The molecule has 1 unspecified atom stereocenters. The highest BCUT2D eigenvalue weighted by atomic mass is 127. The van der Waals surface area contributed by atoms with Crippen LogP contribution in [0.5, 0.6) is 0 Å². The number of aliphatic hydroxyl groups is 3. The summed E-state index contributed by atoms with van der Waals surface area (Å²) in [5.41, 5.74) is -0.733. The van der Waals surface area contributed by atoms with Crippen LogP contribution < -0.4 is 10.2 Å². The molecule has 0 aliphatic carbocycles. The van der Waals surface area contributed by atoms with E-state index in [1.54, 1.807) is 44.2 Å². The van der Waals surface area contributed by atoms with Gasteiger partial charge in [0.1, 0.15) is 23.9 Å². The van der Waals surface area contributed by atoms with Crippen LogP contribution in [-0.4, -0.2) is 110 Å². The molecule has 1 aromatic carbocycles. The summed E-state index contributed by atoms with van der Waals surface area (Å²) in [6.45, 7) is 5.99. The van der Waals surface area contributed by atoms with Gasteiger partial charge in [0.15, 0.2) is 5.72 Å². The zero-order valence-corrected chi connectivity index (χ0v) is 33.3. The second-order valence-corrected chi connectivity index (χ2v) is 16.0. The lowest BCUT2D eigenvalue weighted by atomic mass is 9.81. The monoisotopic (exact) mass is 863 g/mol. The molecule has 4 rings (SSSR count). The summed E-state index contributed by atoms with van der Waals surface area (Å²) >= 11 is 12.8. The van der Waals surface area contributed by atoms with Gasteiger partial charge in [-0.05, 0) is 44.4 Å².